The van der Waals surface area contributed by atoms with Gasteiger partial charge in [-0.3, -0.25) is 10.1 Å². The van der Waals surface area contributed by atoms with Crippen molar-refractivity contribution in [2.75, 3.05) is 18.4 Å². The molecule has 2 aromatic carbocycles. The Labute approximate surface area is 138 Å². The molecule has 0 aliphatic rings. The predicted octanol–water partition coefficient (Wildman–Crippen LogP) is 2.43. The van der Waals surface area contributed by atoms with Crippen LogP contribution in [0.25, 0.3) is 0 Å². The molecule has 9 heteroatoms. The minimum Gasteiger partial charge on any atom is -0.378 e. The van der Waals surface area contributed by atoms with E-state index in [-0.39, 0.29) is 23.7 Å². The number of hydrogen-bond acceptors (Lipinski definition) is 5. The Morgan fingerprint density at radius 1 is 1.12 bits per heavy atom. The summed E-state index contributed by atoms with van der Waals surface area (Å²) in [6.07, 6.45) is 0. The molecule has 2 N–H and O–H groups in total. The highest BCUT2D eigenvalue weighted by molar-refractivity contribution is 7.89. The first-order valence-corrected chi connectivity index (χ1v) is 8.52. The van der Waals surface area contributed by atoms with Gasteiger partial charge < -0.3 is 5.32 Å². The van der Waals surface area contributed by atoms with Crippen molar-refractivity contribution < 1.29 is 17.7 Å². The van der Waals surface area contributed by atoms with Crippen molar-refractivity contribution >= 4 is 21.4 Å². The average Bonchev–Trinajstić information content (AvgIpc) is 2.51. The quantitative estimate of drug-likeness (QED) is 0.452. The second-order valence-corrected chi connectivity index (χ2v) is 6.80. The van der Waals surface area contributed by atoms with Crippen LogP contribution in [0, 0.1) is 22.9 Å². The molecule has 0 atom stereocenters. The zero-order valence-electron chi connectivity index (χ0n) is 12.8. The highest BCUT2D eigenvalue weighted by Gasteiger charge is 2.19. The number of rotatable bonds is 7. The first kappa shape index (κ1) is 17.8. The highest BCUT2D eigenvalue weighted by Crippen LogP contribution is 2.26. The van der Waals surface area contributed by atoms with Crippen LogP contribution in [-0.4, -0.2) is 26.4 Å². The molecule has 0 bridgehead atoms. The number of sulfonamides is 1. The maximum Gasteiger partial charge on any atom is 0.327 e. The van der Waals surface area contributed by atoms with E-state index in [4.69, 9.17) is 0 Å². The van der Waals surface area contributed by atoms with Crippen molar-refractivity contribution in [1.29, 1.82) is 0 Å². The summed E-state index contributed by atoms with van der Waals surface area (Å²) in [5, 5.41) is 13.5. The Hall–Kier alpha value is -2.52. The SMILES string of the molecule is Cc1ccc(S(=O)(=O)NCCNc2cccc(F)c2[N+](=O)[O-])cc1. The molecule has 0 amide bonds. The van der Waals surface area contributed by atoms with Gasteiger partial charge in [0.05, 0.1) is 9.82 Å². The van der Waals surface area contributed by atoms with Crippen LogP contribution in [0.1, 0.15) is 5.56 Å². The standard InChI is InChI=1S/C15H16FN3O4S/c1-11-5-7-12(8-6-11)24(22,23)18-10-9-17-14-4-2-3-13(16)15(14)19(20)21/h2-8,17-18H,9-10H2,1H3. The predicted molar refractivity (Wildman–Crippen MR) is 87.9 cm³/mol. The maximum absolute atomic E-state index is 13.5. The van der Waals surface area contributed by atoms with Gasteiger partial charge in [0.25, 0.3) is 0 Å². The van der Waals surface area contributed by atoms with Gasteiger partial charge in [-0.25, -0.2) is 13.1 Å². The fourth-order valence-electron chi connectivity index (χ4n) is 2.03. The first-order chi connectivity index (χ1) is 11.3. The molecule has 0 aliphatic heterocycles. The summed E-state index contributed by atoms with van der Waals surface area (Å²) in [5.41, 5.74) is 0.266. The third-order valence-electron chi connectivity index (χ3n) is 3.23. The summed E-state index contributed by atoms with van der Waals surface area (Å²) in [7, 11) is -3.66. The van der Waals surface area contributed by atoms with Gasteiger partial charge in [0, 0.05) is 13.1 Å². The van der Waals surface area contributed by atoms with E-state index >= 15 is 0 Å². The number of benzene rings is 2. The molecule has 0 saturated heterocycles. The highest BCUT2D eigenvalue weighted by atomic mass is 32.2. The van der Waals surface area contributed by atoms with Gasteiger partial charge in [0.1, 0.15) is 5.69 Å². The molecule has 128 valence electrons. The zero-order valence-corrected chi connectivity index (χ0v) is 13.6. The van der Waals surface area contributed by atoms with Crippen LogP contribution in [0.4, 0.5) is 15.8 Å². The van der Waals surface area contributed by atoms with Crippen LogP contribution in [0.3, 0.4) is 0 Å². The molecule has 2 aromatic rings. The number of anilines is 1. The lowest BCUT2D eigenvalue weighted by Gasteiger charge is -2.09. The van der Waals surface area contributed by atoms with Gasteiger partial charge >= 0.3 is 5.69 Å². The lowest BCUT2D eigenvalue weighted by atomic mass is 10.2. The summed E-state index contributed by atoms with van der Waals surface area (Å²) in [5.74, 6) is -0.953. The number of nitrogens with one attached hydrogen (secondary N) is 2. The van der Waals surface area contributed by atoms with Gasteiger partial charge in [-0.15, -0.1) is 0 Å². The molecule has 0 aliphatic carbocycles. The summed E-state index contributed by atoms with van der Waals surface area (Å²) < 4.78 is 40.0. The molecule has 0 saturated carbocycles. The number of nitro groups is 1. The van der Waals surface area contributed by atoms with E-state index in [1.807, 2.05) is 6.92 Å². The number of nitrogens with zero attached hydrogens (tertiary/aromatic N) is 1. The second-order valence-electron chi connectivity index (χ2n) is 5.03. The van der Waals surface area contributed by atoms with E-state index in [0.29, 0.717) is 0 Å². The van der Waals surface area contributed by atoms with E-state index < -0.39 is 26.5 Å². The van der Waals surface area contributed by atoms with Gasteiger partial charge in [0.2, 0.25) is 15.8 Å². The lowest BCUT2D eigenvalue weighted by molar-refractivity contribution is -0.386. The van der Waals surface area contributed by atoms with E-state index in [2.05, 4.69) is 10.0 Å². The van der Waals surface area contributed by atoms with Crippen molar-refractivity contribution in [3.63, 3.8) is 0 Å². The Morgan fingerprint density at radius 2 is 1.79 bits per heavy atom. The average molecular weight is 353 g/mol. The van der Waals surface area contributed by atoms with Crippen LogP contribution in [0.5, 0.6) is 0 Å². The van der Waals surface area contributed by atoms with E-state index in [1.54, 1.807) is 12.1 Å². The van der Waals surface area contributed by atoms with Crippen LogP contribution >= 0.6 is 0 Å². The van der Waals surface area contributed by atoms with Crippen molar-refractivity contribution in [3.05, 3.63) is 64.0 Å². The van der Waals surface area contributed by atoms with Crippen molar-refractivity contribution in [3.8, 4) is 0 Å². The van der Waals surface area contributed by atoms with Crippen molar-refractivity contribution in [2.45, 2.75) is 11.8 Å². The molecular weight excluding hydrogens is 337 g/mol. The van der Waals surface area contributed by atoms with Crippen molar-refractivity contribution in [2.24, 2.45) is 0 Å². The Morgan fingerprint density at radius 3 is 2.42 bits per heavy atom. The summed E-state index contributed by atoms with van der Waals surface area (Å²) in [4.78, 5) is 10.2. The van der Waals surface area contributed by atoms with Crippen LogP contribution < -0.4 is 10.0 Å². The Bertz CT molecular complexity index is 838. The molecule has 7 nitrogen and oxygen atoms in total. The van der Waals surface area contributed by atoms with Gasteiger partial charge in [-0.2, -0.15) is 4.39 Å². The molecule has 0 unspecified atom stereocenters. The van der Waals surface area contributed by atoms with Gasteiger partial charge in [0.15, 0.2) is 0 Å². The smallest absolute Gasteiger partial charge is 0.327 e. The summed E-state index contributed by atoms with van der Waals surface area (Å²) in [6, 6.07) is 10.0. The Balaban J connectivity index is 1.97. The fraction of sp³-hybridized carbons (Fsp3) is 0.200. The number of aryl methyl sites for hydroxylation is 1. The van der Waals surface area contributed by atoms with E-state index in [0.717, 1.165) is 11.6 Å². The number of nitro benzene ring substituents is 1. The molecule has 24 heavy (non-hydrogen) atoms. The molecule has 0 fully saturated rings. The largest absolute Gasteiger partial charge is 0.378 e. The molecule has 0 aromatic heterocycles. The summed E-state index contributed by atoms with van der Waals surface area (Å²) in [6.45, 7) is 1.90. The first-order valence-electron chi connectivity index (χ1n) is 7.04. The number of para-hydroxylation sites is 1. The minimum atomic E-state index is -3.66. The number of halogens is 1. The maximum atomic E-state index is 13.5. The topological polar surface area (TPSA) is 101 Å². The minimum absolute atomic E-state index is 0.00506. The molecule has 0 spiro atoms. The van der Waals surface area contributed by atoms with Crippen LogP contribution in [-0.2, 0) is 10.0 Å². The van der Waals surface area contributed by atoms with E-state index in [1.165, 1.54) is 24.3 Å². The summed E-state index contributed by atoms with van der Waals surface area (Å²) >= 11 is 0. The lowest BCUT2D eigenvalue weighted by Crippen LogP contribution is -2.29. The normalized spacial score (nSPS) is 11.2. The third-order valence-corrected chi connectivity index (χ3v) is 4.71. The second kappa shape index (κ2) is 7.37. The van der Waals surface area contributed by atoms with Crippen LogP contribution in [0.2, 0.25) is 0 Å². The van der Waals surface area contributed by atoms with E-state index in [9.17, 15) is 22.9 Å². The van der Waals surface area contributed by atoms with Gasteiger partial charge in [-0.1, -0.05) is 23.8 Å². The molecule has 0 heterocycles. The van der Waals surface area contributed by atoms with Crippen LogP contribution in [0.15, 0.2) is 47.4 Å². The van der Waals surface area contributed by atoms with Gasteiger partial charge in [-0.05, 0) is 31.2 Å². The Kier molecular flexibility index (Phi) is 5.47. The van der Waals surface area contributed by atoms with Crippen molar-refractivity contribution in [1.82, 2.24) is 4.72 Å². The number of hydrogen-bond donors (Lipinski definition) is 2. The zero-order chi connectivity index (χ0) is 17.7. The molecule has 0 radical (unpaired) electrons. The molecular formula is C15H16FN3O4S. The third kappa shape index (κ3) is 4.27. The monoisotopic (exact) mass is 353 g/mol. The molecule has 2 rings (SSSR count). The fourth-order valence-corrected chi connectivity index (χ4v) is 3.06.